The van der Waals surface area contributed by atoms with Crippen molar-refractivity contribution in [1.29, 1.82) is 0 Å². The van der Waals surface area contributed by atoms with Crippen LogP contribution >= 0.6 is 23.2 Å². The predicted molar refractivity (Wildman–Crippen MR) is 66.0 cm³/mol. The van der Waals surface area contributed by atoms with Crippen LogP contribution in [0.2, 0.25) is 5.02 Å². The zero-order chi connectivity index (χ0) is 13.2. The molecule has 1 aromatic carbocycles. The highest BCUT2D eigenvalue weighted by Crippen LogP contribution is 2.26. The van der Waals surface area contributed by atoms with E-state index in [9.17, 15) is 12.8 Å². The zero-order valence-corrected chi connectivity index (χ0v) is 10.8. The molecular weight excluding hydrogens is 290 g/mol. The van der Waals surface area contributed by atoms with E-state index in [1.165, 1.54) is 0 Å². The van der Waals surface area contributed by atoms with Gasteiger partial charge in [-0.1, -0.05) is 29.8 Å². The van der Waals surface area contributed by atoms with Crippen LogP contribution in [0.5, 0.6) is 0 Å². The molecule has 0 aliphatic heterocycles. The van der Waals surface area contributed by atoms with Gasteiger partial charge in [0.15, 0.2) is 0 Å². The van der Waals surface area contributed by atoms with E-state index in [-0.39, 0.29) is 27.2 Å². The number of anilines is 1. The number of hydrogen-bond acceptors (Lipinski definition) is 3. The lowest BCUT2D eigenvalue weighted by atomic mass is 10.3. The summed E-state index contributed by atoms with van der Waals surface area (Å²) in [6.45, 7) is 3.17. The minimum atomic E-state index is -3.90. The monoisotopic (exact) mass is 298 g/mol. The number of rotatable bonds is 4. The van der Waals surface area contributed by atoms with Crippen LogP contribution < -0.4 is 10.5 Å². The number of nitrogens with two attached hydrogens (primary N) is 1. The molecule has 0 bridgehead atoms. The Morgan fingerprint density at radius 1 is 1.53 bits per heavy atom. The van der Waals surface area contributed by atoms with Crippen molar-refractivity contribution in [3.63, 3.8) is 0 Å². The smallest absolute Gasteiger partial charge is 0.242 e. The molecule has 0 amide bonds. The molecule has 0 spiro atoms. The maximum Gasteiger partial charge on any atom is 0.242 e. The summed E-state index contributed by atoms with van der Waals surface area (Å²) in [5.41, 5.74) is 4.97. The van der Waals surface area contributed by atoms with Crippen molar-refractivity contribution < 1.29 is 12.8 Å². The molecule has 0 aliphatic carbocycles. The summed E-state index contributed by atoms with van der Waals surface area (Å²) in [5, 5.41) is -0.149. The first-order chi connectivity index (χ1) is 7.74. The average Bonchev–Trinajstić information content (AvgIpc) is 2.20. The number of halogens is 3. The Labute approximate surface area is 108 Å². The molecule has 0 aromatic heterocycles. The van der Waals surface area contributed by atoms with Crippen molar-refractivity contribution in [3.8, 4) is 0 Å². The van der Waals surface area contributed by atoms with Gasteiger partial charge in [-0.25, -0.2) is 17.5 Å². The summed E-state index contributed by atoms with van der Waals surface area (Å²) < 4.78 is 38.6. The highest BCUT2D eigenvalue weighted by atomic mass is 35.5. The first-order valence-electron chi connectivity index (χ1n) is 4.31. The molecule has 3 N–H and O–H groups in total. The van der Waals surface area contributed by atoms with E-state index in [0.29, 0.717) is 0 Å². The van der Waals surface area contributed by atoms with Gasteiger partial charge in [0.1, 0.15) is 10.7 Å². The lowest BCUT2D eigenvalue weighted by molar-refractivity contribution is 0.584. The molecule has 0 unspecified atom stereocenters. The zero-order valence-electron chi connectivity index (χ0n) is 8.50. The summed E-state index contributed by atoms with van der Waals surface area (Å²) in [6, 6.07) is 1.78. The Balaban J connectivity index is 3.15. The molecule has 0 fully saturated rings. The average molecular weight is 299 g/mol. The van der Waals surface area contributed by atoms with E-state index in [2.05, 4.69) is 11.3 Å². The lowest BCUT2D eigenvalue weighted by Crippen LogP contribution is -2.25. The van der Waals surface area contributed by atoms with Gasteiger partial charge in [-0.15, -0.1) is 0 Å². The first kappa shape index (κ1) is 14.2. The van der Waals surface area contributed by atoms with Crippen LogP contribution in [0, 0.1) is 5.82 Å². The van der Waals surface area contributed by atoms with E-state index in [4.69, 9.17) is 28.9 Å². The minimum absolute atomic E-state index is 0.111. The molecule has 17 heavy (non-hydrogen) atoms. The van der Waals surface area contributed by atoms with Gasteiger partial charge in [0.25, 0.3) is 0 Å². The van der Waals surface area contributed by atoms with Crippen molar-refractivity contribution in [3.05, 3.63) is 34.6 Å². The van der Waals surface area contributed by atoms with E-state index in [1.807, 2.05) is 0 Å². The second-order valence-electron chi connectivity index (χ2n) is 3.15. The van der Waals surface area contributed by atoms with Crippen molar-refractivity contribution in [2.45, 2.75) is 4.90 Å². The molecule has 0 radical (unpaired) electrons. The molecule has 0 atom stereocenters. The fourth-order valence-corrected chi connectivity index (χ4v) is 2.72. The number of benzene rings is 1. The quantitative estimate of drug-likeness (QED) is 0.836. The van der Waals surface area contributed by atoms with E-state index >= 15 is 0 Å². The van der Waals surface area contributed by atoms with Gasteiger partial charge in [0.05, 0.1) is 10.7 Å². The SMILES string of the molecule is C=C(Cl)CNS(=O)(=O)c1cc(N)c(F)cc1Cl. The molecule has 0 saturated carbocycles. The molecule has 0 heterocycles. The molecule has 0 aliphatic rings. The van der Waals surface area contributed by atoms with Gasteiger partial charge in [-0.05, 0) is 12.1 Å². The number of nitrogen functional groups attached to an aromatic ring is 1. The number of nitrogens with one attached hydrogen (secondary N) is 1. The summed E-state index contributed by atoms with van der Waals surface area (Å²) in [6.07, 6.45) is 0. The highest BCUT2D eigenvalue weighted by molar-refractivity contribution is 7.89. The van der Waals surface area contributed by atoms with Crippen LogP contribution in [0.25, 0.3) is 0 Å². The standard InChI is InChI=1S/C9H9Cl2FN2O2S/c1-5(10)4-14-17(15,16)9-3-8(13)7(12)2-6(9)11/h2-3,14H,1,4,13H2. The molecule has 1 aromatic rings. The molecule has 8 heteroatoms. The van der Waals surface area contributed by atoms with Crippen LogP contribution in [-0.4, -0.2) is 15.0 Å². The Morgan fingerprint density at radius 2 is 2.12 bits per heavy atom. The van der Waals surface area contributed by atoms with E-state index in [0.717, 1.165) is 12.1 Å². The molecular formula is C9H9Cl2FN2O2S. The van der Waals surface area contributed by atoms with Gasteiger partial charge >= 0.3 is 0 Å². The predicted octanol–water partition coefficient (Wildman–Crippen LogP) is 2.09. The van der Waals surface area contributed by atoms with Gasteiger partial charge in [-0.2, -0.15) is 0 Å². The third-order valence-electron chi connectivity index (χ3n) is 1.79. The van der Waals surface area contributed by atoms with Crippen LogP contribution in [0.15, 0.2) is 28.6 Å². The van der Waals surface area contributed by atoms with Gasteiger partial charge < -0.3 is 5.73 Å². The number of sulfonamides is 1. The van der Waals surface area contributed by atoms with Crippen molar-refractivity contribution in [2.75, 3.05) is 12.3 Å². The Morgan fingerprint density at radius 3 is 2.65 bits per heavy atom. The largest absolute Gasteiger partial charge is 0.396 e. The van der Waals surface area contributed by atoms with Crippen LogP contribution in [0.4, 0.5) is 10.1 Å². The molecule has 0 saturated heterocycles. The highest BCUT2D eigenvalue weighted by Gasteiger charge is 2.19. The third-order valence-corrected chi connectivity index (χ3v) is 3.79. The molecule has 94 valence electrons. The Kier molecular flexibility index (Phi) is 4.37. The fraction of sp³-hybridized carbons (Fsp3) is 0.111. The van der Waals surface area contributed by atoms with Crippen molar-refractivity contribution in [2.24, 2.45) is 0 Å². The Bertz CT molecular complexity index is 560. The van der Waals surface area contributed by atoms with Crippen molar-refractivity contribution >= 4 is 38.9 Å². The number of hydrogen-bond donors (Lipinski definition) is 2. The van der Waals surface area contributed by atoms with Gasteiger partial charge in [0.2, 0.25) is 10.0 Å². The normalized spacial score (nSPS) is 11.5. The van der Waals surface area contributed by atoms with Crippen molar-refractivity contribution in [1.82, 2.24) is 4.72 Å². The van der Waals surface area contributed by atoms with Gasteiger partial charge in [-0.3, -0.25) is 0 Å². The summed E-state index contributed by atoms with van der Waals surface area (Å²) in [4.78, 5) is -0.309. The second kappa shape index (κ2) is 5.22. The van der Waals surface area contributed by atoms with E-state index < -0.39 is 15.8 Å². The van der Waals surface area contributed by atoms with Crippen LogP contribution in [0.1, 0.15) is 0 Å². The third kappa shape index (κ3) is 3.57. The first-order valence-corrected chi connectivity index (χ1v) is 6.55. The minimum Gasteiger partial charge on any atom is -0.396 e. The van der Waals surface area contributed by atoms with Crippen LogP contribution in [-0.2, 0) is 10.0 Å². The lowest BCUT2D eigenvalue weighted by Gasteiger charge is -2.08. The topological polar surface area (TPSA) is 72.2 Å². The Hall–Kier alpha value is -0.820. The fourth-order valence-electron chi connectivity index (χ4n) is 1.00. The molecule has 1 rings (SSSR count). The summed E-state index contributed by atoms with van der Waals surface area (Å²) in [7, 11) is -3.90. The second-order valence-corrected chi connectivity index (χ2v) is 5.82. The van der Waals surface area contributed by atoms with Crippen LogP contribution in [0.3, 0.4) is 0 Å². The maximum absolute atomic E-state index is 13.0. The van der Waals surface area contributed by atoms with E-state index in [1.54, 1.807) is 0 Å². The summed E-state index contributed by atoms with van der Waals surface area (Å²) >= 11 is 11.1. The molecule has 4 nitrogen and oxygen atoms in total. The summed E-state index contributed by atoms with van der Waals surface area (Å²) in [5.74, 6) is -0.782. The van der Waals surface area contributed by atoms with Gasteiger partial charge in [0, 0.05) is 11.6 Å². The maximum atomic E-state index is 13.0.